The number of nitrogens with one attached hydrogen (secondary N) is 1. The minimum absolute atomic E-state index is 0.147. The Balaban J connectivity index is 2.17. The lowest BCUT2D eigenvalue weighted by Gasteiger charge is -2.28. The van der Waals surface area contributed by atoms with Crippen LogP contribution in [0.4, 0.5) is 0 Å². The Hall–Kier alpha value is -2.53. The van der Waals surface area contributed by atoms with Crippen molar-refractivity contribution in [1.82, 2.24) is 10.2 Å². The monoisotopic (exact) mass is 388 g/mol. The zero-order valence-corrected chi connectivity index (χ0v) is 16.8. The molecule has 0 aliphatic carbocycles. The first kappa shape index (κ1) is 20.8. The normalized spacial score (nSPS) is 11.6. The highest BCUT2D eigenvalue weighted by molar-refractivity contribution is 6.30. The second kappa shape index (κ2) is 9.42. The molecule has 0 aliphatic heterocycles. The molecule has 2 aromatic rings. The highest BCUT2D eigenvalue weighted by atomic mass is 35.5. The smallest absolute Gasteiger partial charge is 0.261 e. The number of amides is 2. The standard InChI is InChI=1S/C21H25ClN2O3/c1-14-8-9-15(2)19(10-14)27-13-20(25)24(16(3)21(26)23-4)12-17-6-5-7-18(22)11-17/h5-11,16H,12-13H2,1-4H3,(H,23,26)/t16-/m0/s1. The summed E-state index contributed by atoms with van der Waals surface area (Å²) in [6, 6.07) is 12.4. The molecule has 1 N–H and O–H groups in total. The molecule has 144 valence electrons. The number of benzene rings is 2. The van der Waals surface area contributed by atoms with E-state index in [0.29, 0.717) is 10.8 Å². The molecule has 2 amide bonds. The maximum Gasteiger partial charge on any atom is 0.261 e. The number of nitrogens with zero attached hydrogens (tertiary/aromatic N) is 1. The molecular formula is C21H25ClN2O3. The Labute approximate surface area is 165 Å². The molecule has 2 rings (SSSR count). The number of rotatable bonds is 7. The molecule has 0 aromatic heterocycles. The van der Waals surface area contributed by atoms with Crippen molar-refractivity contribution in [3.63, 3.8) is 0 Å². The van der Waals surface area contributed by atoms with Crippen LogP contribution in [0.5, 0.6) is 5.75 Å². The van der Waals surface area contributed by atoms with E-state index >= 15 is 0 Å². The molecule has 27 heavy (non-hydrogen) atoms. The van der Waals surface area contributed by atoms with E-state index in [1.54, 1.807) is 26.1 Å². The summed E-state index contributed by atoms with van der Waals surface area (Å²) in [5.41, 5.74) is 2.85. The fourth-order valence-electron chi connectivity index (χ4n) is 2.71. The van der Waals surface area contributed by atoms with Gasteiger partial charge >= 0.3 is 0 Å². The average Bonchev–Trinajstić information content (AvgIpc) is 2.65. The van der Waals surface area contributed by atoms with Gasteiger partial charge in [-0.05, 0) is 55.7 Å². The number of carbonyl (C=O) groups is 2. The summed E-state index contributed by atoms with van der Waals surface area (Å²) in [6.07, 6.45) is 0. The van der Waals surface area contributed by atoms with Crippen LogP contribution < -0.4 is 10.1 Å². The van der Waals surface area contributed by atoms with Crippen molar-refractivity contribution in [2.45, 2.75) is 33.4 Å². The van der Waals surface area contributed by atoms with Crippen molar-refractivity contribution in [3.8, 4) is 5.75 Å². The maximum absolute atomic E-state index is 12.9. The van der Waals surface area contributed by atoms with E-state index in [0.717, 1.165) is 16.7 Å². The van der Waals surface area contributed by atoms with E-state index in [9.17, 15) is 9.59 Å². The third-order valence-electron chi connectivity index (χ3n) is 4.35. The number of halogens is 1. The van der Waals surface area contributed by atoms with Gasteiger partial charge in [-0.2, -0.15) is 0 Å². The molecular weight excluding hydrogens is 364 g/mol. The van der Waals surface area contributed by atoms with Crippen molar-refractivity contribution < 1.29 is 14.3 Å². The number of carbonyl (C=O) groups excluding carboxylic acids is 2. The van der Waals surface area contributed by atoms with Crippen LogP contribution in [0.15, 0.2) is 42.5 Å². The maximum atomic E-state index is 12.9. The molecule has 0 saturated heterocycles. The molecule has 0 saturated carbocycles. The van der Waals surface area contributed by atoms with Gasteiger partial charge in [0.25, 0.3) is 5.91 Å². The molecule has 0 unspecified atom stereocenters. The van der Waals surface area contributed by atoms with Gasteiger partial charge in [-0.3, -0.25) is 9.59 Å². The van der Waals surface area contributed by atoms with Crippen molar-refractivity contribution in [2.24, 2.45) is 0 Å². The Bertz CT molecular complexity index is 823. The summed E-state index contributed by atoms with van der Waals surface area (Å²) < 4.78 is 5.74. The fourth-order valence-corrected chi connectivity index (χ4v) is 2.92. The van der Waals surface area contributed by atoms with Crippen LogP contribution in [0.25, 0.3) is 0 Å². The Morgan fingerprint density at radius 1 is 1.19 bits per heavy atom. The second-order valence-corrected chi connectivity index (χ2v) is 6.94. The lowest BCUT2D eigenvalue weighted by atomic mass is 10.1. The van der Waals surface area contributed by atoms with Gasteiger partial charge in [0, 0.05) is 18.6 Å². The number of aryl methyl sites for hydroxylation is 2. The SMILES string of the molecule is CNC(=O)[C@H](C)N(Cc1cccc(Cl)c1)C(=O)COc1cc(C)ccc1C. The highest BCUT2D eigenvalue weighted by Gasteiger charge is 2.26. The van der Waals surface area contributed by atoms with Gasteiger partial charge in [0.2, 0.25) is 5.91 Å². The van der Waals surface area contributed by atoms with Gasteiger partial charge in [0.1, 0.15) is 11.8 Å². The van der Waals surface area contributed by atoms with Crippen molar-refractivity contribution in [1.29, 1.82) is 0 Å². The van der Waals surface area contributed by atoms with Crippen LogP contribution in [-0.2, 0) is 16.1 Å². The van der Waals surface area contributed by atoms with Crippen LogP contribution in [0.3, 0.4) is 0 Å². The van der Waals surface area contributed by atoms with E-state index in [1.165, 1.54) is 4.90 Å². The Morgan fingerprint density at radius 2 is 1.93 bits per heavy atom. The Kier molecular flexibility index (Phi) is 7.25. The lowest BCUT2D eigenvalue weighted by Crippen LogP contribution is -2.48. The second-order valence-electron chi connectivity index (χ2n) is 6.50. The van der Waals surface area contributed by atoms with Gasteiger partial charge in [0.05, 0.1) is 0 Å². The van der Waals surface area contributed by atoms with Gasteiger partial charge in [0.15, 0.2) is 6.61 Å². The summed E-state index contributed by atoms with van der Waals surface area (Å²) in [6.45, 7) is 5.71. The van der Waals surface area contributed by atoms with Gasteiger partial charge < -0.3 is 15.0 Å². The molecule has 0 fully saturated rings. The topological polar surface area (TPSA) is 58.6 Å². The Morgan fingerprint density at radius 3 is 2.59 bits per heavy atom. The molecule has 2 aromatic carbocycles. The van der Waals surface area contributed by atoms with Crippen LogP contribution in [0, 0.1) is 13.8 Å². The first-order valence-corrected chi connectivity index (χ1v) is 9.15. The summed E-state index contributed by atoms with van der Waals surface area (Å²) in [4.78, 5) is 26.5. The number of hydrogen-bond acceptors (Lipinski definition) is 3. The van der Waals surface area contributed by atoms with Gasteiger partial charge in [-0.15, -0.1) is 0 Å². The van der Waals surface area contributed by atoms with Gasteiger partial charge in [-0.25, -0.2) is 0 Å². The third-order valence-corrected chi connectivity index (χ3v) is 4.59. The van der Waals surface area contributed by atoms with Crippen molar-refractivity contribution in [2.75, 3.05) is 13.7 Å². The van der Waals surface area contributed by atoms with E-state index in [4.69, 9.17) is 16.3 Å². The minimum atomic E-state index is -0.635. The highest BCUT2D eigenvalue weighted by Crippen LogP contribution is 2.20. The number of hydrogen-bond donors (Lipinski definition) is 1. The van der Waals surface area contributed by atoms with E-state index in [-0.39, 0.29) is 25.0 Å². The van der Waals surface area contributed by atoms with E-state index < -0.39 is 6.04 Å². The van der Waals surface area contributed by atoms with E-state index in [1.807, 2.05) is 44.2 Å². The van der Waals surface area contributed by atoms with Crippen LogP contribution in [-0.4, -0.2) is 36.4 Å². The minimum Gasteiger partial charge on any atom is -0.483 e. The predicted molar refractivity (Wildman–Crippen MR) is 107 cm³/mol. The zero-order chi connectivity index (χ0) is 20.0. The van der Waals surface area contributed by atoms with Crippen molar-refractivity contribution >= 4 is 23.4 Å². The lowest BCUT2D eigenvalue weighted by molar-refractivity contribution is -0.142. The van der Waals surface area contributed by atoms with Crippen LogP contribution >= 0.6 is 11.6 Å². The zero-order valence-electron chi connectivity index (χ0n) is 16.1. The molecule has 0 radical (unpaired) electrons. The van der Waals surface area contributed by atoms with Gasteiger partial charge in [-0.1, -0.05) is 35.9 Å². The summed E-state index contributed by atoms with van der Waals surface area (Å²) >= 11 is 6.04. The summed E-state index contributed by atoms with van der Waals surface area (Å²) in [5.74, 6) is 0.155. The van der Waals surface area contributed by atoms with Crippen LogP contribution in [0.1, 0.15) is 23.6 Å². The molecule has 6 heteroatoms. The fraction of sp³-hybridized carbons (Fsp3) is 0.333. The number of ether oxygens (including phenoxy) is 1. The molecule has 0 bridgehead atoms. The first-order valence-electron chi connectivity index (χ1n) is 8.77. The molecule has 5 nitrogen and oxygen atoms in total. The average molecular weight is 389 g/mol. The number of likely N-dealkylation sites (N-methyl/N-ethyl adjacent to an activating group) is 1. The predicted octanol–water partition coefficient (Wildman–Crippen LogP) is 3.50. The largest absolute Gasteiger partial charge is 0.483 e. The molecule has 1 atom stereocenters. The summed E-state index contributed by atoms with van der Waals surface area (Å²) in [7, 11) is 1.55. The quantitative estimate of drug-likeness (QED) is 0.789. The first-order chi connectivity index (χ1) is 12.8. The molecule has 0 heterocycles. The van der Waals surface area contributed by atoms with E-state index in [2.05, 4.69) is 5.32 Å². The third kappa shape index (κ3) is 5.73. The summed E-state index contributed by atoms with van der Waals surface area (Å²) in [5, 5.41) is 3.17. The molecule has 0 aliphatic rings. The van der Waals surface area contributed by atoms with Crippen LogP contribution in [0.2, 0.25) is 5.02 Å². The molecule has 0 spiro atoms. The van der Waals surface area contributed by atoms with Crippen molar-refractivity contribution in [3.05, 3.63) is 64.2 Å².